The van der Waals surface area contributed by atoms with Crippen LogP contribution in [0.5, 0.6) is 0 Å². The highest BCUT2D eigenvalue weighted by molar-refractivity contribution is 9.10. The van der Waals surface area contributed by atoms with Gasteiger partial charge >= 0.3 is 0 Å². The van der Waals surface area contributed by atoms with E-state index < -0.39 is 0 Å². The summed E-state index contributed by atoms with van der Waals surface area (Å²) < 4.78 is 2.37. The average molecular weight is 310 g/mol. The summed E-state index contributed by atoms with van der Waals surface area (Å²) in [6.07, 6.45) is 3.30. The van der Waals surface area contributed by atoms with E-state index in [0.29, 0.717) is 11.6 Å². The van der Waals surface area contributed by atoms with Crippen molar-refractivity contribution in [3.63, 3.8) is 0 Å². The molecule has 2 heterocycles. The first-order chi connectivity index (χ1) is 8.54. The van der Waals surface area contributed by atoms with Gasteiger partial charge in [-0.3, -0.25) is 9.48 Å². The minimum absolute atomic E-state index is 0.105. The Morgan fingerprint density at radius 1 is 1.61 bits per heavy atom. The van der Waals surface area contributed by atoms with E-state index in [1.807, 2.05) is 6.92 Å². The molecule has 2 rings (SSSR count). The molecule has 0 aliphatic rings. The number of pyridine rings is 1. The van der Waals surface area contributed by atoms with Gasteiger partial charge in [-0.1, -0.05) is 0 Å². The van der Waals surface area contributed by atoms with Gasteiger partial charge in [0.05, 0.1) is 0 Å². The summed E-state index contributed by atoms with van der Waals surface area (Å²) in [4.78, 5) is 15.8. The highest BCUT2D eigenvalue weighted by Gasteiger charge is 2.06. The molecule has 2 aromatic heterocycles. The van der Waals surface area contributed by atoms with E-state index in [1.165, 1.54) is 4.68 Å². The van der Waals surface area contributed by atoms with Crippen LogP contribution in [-0.2, 0) is 11.3 Å². The normalized spacial score (nSPS) is 10.3. The second kappa shape index (κ2) is 5.18. The van der Waals surface area contributed by atoms with E-state index in [2.05, 4.69) is 31.3 Å². The molecule has 2 aromatic rings. The number of carbonyl (C=O) groups excluding carboxylic acids is 1. The van der Waals surface area contributed by atoms with Crippen LogP contribution in [-0.4, -0.2) is 20.7 Å². The van der Waals surface area contributed by atoms with Crippen LogP contribution in [0.25, 0.3) is 0 Å². The largest absolute Gasteiger partial charge is 0.382 e. The van der Waals surface area contributed by atoms with Crippen LogP contribution in [0.1, 0.15) is 5.56 Å². The van der Waals surface area contributed by atoms with Gasteiger partial charge < -0.3 is 11.1 Å². The van der Waals surface area contributed by atoms with Crippen LogP contribution >= 0.6 is 15.9 Å². The highest BCUT2D eigenvalue weighted by Crippen LogP contribution is 2.17. The van der Waals surface area contributed by atoms with E-state index in [-0.39, 0.29) is 12.5 Å². The Morgan fingerprint density at radius 3 is 3.00 bits per heavy atom. The quantitative estimate of drug-likeness (QED) is 0.901. The van der Waals surface area contributed by atoms with E-state index >= 15 is 0 Å². The number of halogens is 1. The fraction of sp³-hybridized carbons (Fsp3) is 0.182. The highest BCUT2D eigenvalue weighted by atomic mass is 79.9. The lowest BCUT2D eigenvalue weighted by molar-refractivity contribution is -0.116. The van der Waals surface area contributed by atoms with Crippen molar-refractivity contribution in [1.82, 2.24) is 14.8 Å². The Kier molecular flexibility index (Phi) is 3.61. The van der Waals surface area contributed by atoms with Crippen molar-refractivity contribution in [1.29, 1.82) is 0 Å². The van der Waals surface area contributed by atoms with E-state index in [9.17, 15) is 4.79 Å². The number of rotatable bonds is 3. The first-order valence-corrected chi connectivity index (χ1v) is 6.05. The molecule has 1 amide bonds. The molecule has 0 spiro atoms. The second-order valence-electron chi connectivity index (χ2n) is 3.81. The average Bonchev–Trinajstić information content (AvgIpc) is 2.69. The molecule has 0 saturated carbocycles. The number of aromatic nitrogens is 3. The molecular weight excluding hydrogens is 298 g/mol. The smallest absolute Gasteiger partial charge is 0.247 e. The molecule has 0 bridgehead atoms. The van der Waals surface area contributed by atoms with Gasteiger partial charge in [-0.05, 0) is 40.5 Å². The van der Waals surface area contributed by atoms with Crippen molar-refractivity contribution in [2.24, 2.45) is 0 Å². The summed E-state index contributed by atoms with van der Waals surface area (Å²) in [7, 11) is 0. The van der Waals surface area contributed by atoms with Crippen molar-refractivity contribution >= 4 is 33.5 Å². The van der Waals surface area contributed by atoms with Crippen molar-refractivity contribution in [2.75, 3.05) is 11.1 Å². The lowest BCUT2D eigenvalue weighted by Crippen LogP contribution is -2.19. The molecule has 0 fully saturated rings. The predicted molar refractivity (Wildman–Crippen MR) is 71.9 cm³/mol. The number of anilines is 2. The Labute approximate surface area is 112 Å². The maximum atomic E-state index is 11.7. The summed E-state index contributed by atoms with van der Waals surface area (Å²) in [5, 5.41) is 6.62. The number of nitrogens with zero attached hydrogens (tertiary/aromatic N) is 3. The lowest BCUT2D eigenvalue weighted by Gasteiger charge is -2.06. The van der Waals surface area contributed by atoms with Crippen LogP contribution in [0.2, 0.25) is 0 Å². The maximum absolute atomic E-state index is 11.7. The van der Waals surface area contributed by atoms with Gasteiger partial charge in [0, 0.05) is 16.9 Å². The Balaban J connectivity index is 2.00. The SMILES string of the molecule is Cc1cc(NC(=O)Cn2ccc(N)n2)ncc1Br. The van der Waals surface area contributed by atoms with Crippen molar-refractivity contribution < 1.29 is 4.79 Å². The minimum Gasteiger partial charge on any atom is -0.382 e. The van der Waals surface area contributed by atoms with Crippen LogP contribution < -0.4 is 11.1 Å². The molecule has 7 heteroatoms. The fourth-order valence-electron chi connectivity index (χ4n) is 1.40. The zero-order valence-electron chi connectivity index (χ0n) is 9.72. The zero-order valence-corrected chi connectivity index (χ0v) is 11.3. The monoisotopic (exact) mass is 309 g/mol. The molecule has 18 heavy (non-hydrogen) atoms. The number of nitrogens with one attached hydrogen (secondary N) is 1. The molecule has 0 radical (unpaired) electrons. The van der Waals surface area contributed by atoms with Gasteiger partial charge in [-0.15, -0.1) is 0 Å². The number of carbonyl (C=O) groups is 1. The van der Waals surface area contributed by atoms with E-state index in [0.717, 1.165) is 10.0 Å². The predicted octanol–water partition coefficient (Wildman–Crippen LogP) is 1.57. The van der Waals surface area contributed by atoms with Gasteiger partial charge in [-0.25, -0.2) is 4.98 Å². The third kappa shape index (κ3) is 3.07. The van der Waals surface area contributed by atoms with Gasteiger partial charge in [0.25, 0.3) is 0 Å². The fourth-order valence-corrected chi connectivity index (χ4v) is 1.62. The van der Waals surface area contributed by atoms with Crippen molar-refractivity contribution in [2.45, 2.75) is 13.5 Å². The molecule has 0 saturated heterocycles. The Morgan fingerprint density at radius 2 is 2.39 bits per heavy atom. The molecule has 94 valence electrons. The molecule has 0 aliphatic heterocycles. The number of nitrogens with two attached hydrogens (primary N) is 1. The number of hydrogen-bond donors (Lipinski definition) is 2. The molecule has 0 aromatic carbocycles. The van der Waals surface area contributed by atoms with Crippen LogP contribution in [0.4, 0.5) is 11.6 Å². The van der Waals surface area contributed by atoms with Gasteiger partial charge in [0.15, 0.2) is 0 Å². The first-order valence-electron chi connectivity index (χ1n) is 5.25. The molecule has 6 nitrogen and oxygen atoms in total. The van der Waals surface area contributed by atoms with E-state index in [1.54, 1.807) is 24.5 Å². The molecular formula is C11H12BrN5O. The second-order valence-corrected chi connectivity index (χ2v) is 4.66. The molecule has 3 N–H and O–H groups in total. The number of amides is 1. The van der Waals surface area contributed by atoms with Crippen LogP contribution in [0.3, 0.4) is 0 Å². The molecule has 0 unspecified atom stereocenters. The summed E-state index contributed by atoms with van der Waals surface area (Å²) in [5.41, 5.74) is 6.47. The molecule has 0 aliphatic carbocycles. The summed E-state index contributed by atoms with van der Waals surface area (Å²) >= 11 is 3.35. The Hall–Kier alpha value is -1.89. The number of nitrogen functional groups attached to an aromatic ring is 1. The number of aryl methyl sites for hydroxylation is 1. The van der Waals surface area contributed by atoms with Gasteiger partial charge in [-0.2, -0.15) is 5.10 Å². The number of hydrogen-bond acceptors (Lipinski definition) is 4. The zero-order chi connectivity index (χ0) is 13.1. The van der Waals surface area contributed by atoms with Crippen LogP contribution in [0.15, 0.2) is 29.0 Å². The lowest BCUT2D eigenvalue weighted by atomic mass is 10.3. The molecule has 0 atom stereocenters. The van der Waals surface area contributed by atoms with Crippen LogP contribution in [0, 0.1) is 6.92 Å². The summed E-state index contributed by atoms with van der Waals surface area (Å²) in [6.45, 7) is 2.03. The van der Waals surface area contributed by atoms with Gasteiger partial charge in [0.2, 0.25) is 5.91 Å². The topological polar surface area (TPSA) is 85.8 Å². The minimum atomic E-state index is -0.202. The summed E-state index contributed by atoms with van der Waals surface area (Å²) in [6, 6.07) is 3.43. The Bertz CT molecular complexity index is 581. The standard InChI is InChI=1S/C11H12BrN5O/c1-7-4-10(14-5-8(7)12)15-11(18)6-17-3-2-9(13)16-17/h2-5H,6H2,1H3,(H2,13,16)(H,14,15,18). The third-order valence-corrected chi connectivity index (χ3v) is 3.11. The van der Waals surface area contributed by atoms with Gasteiger partial charge in [0.1, 0.15) is 18.2 Å². The van der Waals surface area contributed by atoms with Crippen molar-refractivity contribution in [3.05, 3.63) is 34.6 Å². The maximum Gasteiger partial charge on any atom is 0.247 e. The van der Waals surface area contributed by atoms with Crippen molar-refractivity contribution in [3.8, 4) is 0 Å². The summed E-state index contributed by atoms with van der Waals surface area (Å²) in [5.74, 6) is 0.702. The third-order valence-electron chi connectivity index (χ3n) is 2.28. The first kappa shape index (κ1) is 12.6. The van der Waals surface area contributed by atoms with E-state index in [4.69, 9.17) is 5.73 Å².